The van der Waals surface area contributed by atoms with Gasteiger partial charge in [-0.3, -0.25) is 13.9 Å². The van der Waals surface area contributed by atoms with Crippen molar-refractivity contribution in [3.63, 3.8) is 0 Å². The van der Waals surface area contributed by atoms with E-state index in [1.165, 1.54) is 24.1 Å². The van der Waals surface area contributed by atoms with E-state index in [0.29, 0.717) is 11.5 Å². The number of ether oxygens (including phenoxy) is 2. The average molecular weight is 658 g/mol. The van der Waals surface area contributed by atoms with Crippen LogP contribution in [0, 0.1) is 6.92 Å². The second-order valence-corrected chi connectivity index (χ2v) is 14.2. The van der Waals surface area contributed by atoms with Gasteiger partial charge in [-0.1, -0.05) is 60.2 Å². The maximum Gasteiger partial charge on any atom is 0.264 e. The third-order valence-corrected chi connectivity index (χ3v) is 9.29. The van der Waals surface area contributed by atoms with Gasteiger partial charge in [0.15, 0.2) is 0 Å². The summed E-state index contributed by atoms with van der Waals surface area (Å²) in [5.74, 6) is 0.226. The van der Waals surface area contributed by atoms with Gasteiger partial charge in [-0.05, 0) is 87.4 Å². The van der Waals surface area contributed by atoms with Gasteiger partial charge < -0.3 is 19.7 Å². The first-order valence-corrected chi connectivity index (χ1v) is 16.8. The summed E-state index contributed by atoms with van der Waals surface area (Å²) in [7, 11) is -1.14. The highest BCUT2D eigenvalue weighted by molar-refractivity contribution is 7.92. The second kappa shape index (κ2) is 15.2. The Kier molecular flexibility index (Phi) is 11.3. The average Bonchev–Trinajstić information content (AvgIpc) is 3.05. The third kappa shape index (κ3) is 9.36. The number of rotatable bonds is 13. The van der Waals surface area contributed by atoms with Gasteiger partial charge in [0.2, 0.25) is 11.8 Å². The quantitative estimate of drug-likeness (QED) is 0.196. The van der Waals surface area contributed by atoms with Crippen LogP contribution in [-0.4, -0.2) is 57.5 Å². The minimum absolute atomic E-state index is 0.0339. The summed E-state index contributed by atoms with van der Waals surface area (Å²) < 4.78 is 40.2. The van der Waals surface area contributed by atoms with Crippen LogP contribution in [0.1, 0.15) is 37.5 Å². The van der Waals surface area contributed by atoms with Crippen LogP contribution in [0.3, 0.4) is 0 Å². The lowest BCUT2D eigenvalue weighted by Gasteiger charge is -2.35. The molecular formula is C37H43N3O6S. The lowest BCUT2D eigenvalue weighted by Crippen LogP contribution is -2.56. The van der Waals surface area contributed by atoms with Crippen molar-refractivity contribution in [3.8, 4) is 11.5 Å². The number of anilines is 1. The van der Waals surface area contributed by atoms with Crippen LogP contribution < -0.4 is 19.1 Å². The largest absolute Gasteiger partial charge is 0.497 e. The second-order valence-electron chi connectivity index (χ2n) is 12.3. The molecule has 4 aromatic rings. The molecule has 0 saturated carbocycles. The molecule has 1 atom stereocenters. The van der Waals surface area contributed by atoms with Gasteiger partial charge in [0.25, 0.3) is 10.0 Å². The number of sulfonamides is 1. The van der Waals surface area contributed by atoms with E-state index in [2.05, 4.69) is 5.32 Å². The predicted octanol–water partition coefficient (Wildman–Crippen LogP) is 5.76. The molecule has 4 rings (SSSR count). The van der Waals surface area contributed by atoms with Crippen molar-refractivity contribution < 1.29 is 27.5 Å². The monoisotopic (exact) mass is 657 g/mol. The molecule has 4 aromatic carbocycles. The van der Waals surface area contributed by atoms with E-state index in [1.54, 1.807) is 55.6 Å². The maximum atomic E-state index is 14.6. The van der Waals surface area contributed by atoms with Gasteiger partial charge in [-0.15, -0.1) is 0 Å². The molecule has 2 amide bonds. The van der Waals surface area contributed by atoms with Crippen LogP contribution in [0.25, 0.3) is 0 Å². The van der Waals surface area contributed by atoms with Gasteiger partial charge in [0.1, 0.15) is 24.1 Å². The summed E-state index contributed by atoms with van der Waals surface area (Å²) in [5.41, 5.74) is 2.16. The topological polar surface area (TPSA) is 105 Å². The van der Waals surface area contributed by atoms with E-state index in [9.17, 15) is 18.0 Å². The third-order valence-electron chi connectivity index (χ3n) is 7.50. The van der Waals surface area contributed by atoms with Crippen LogP contribution in [-0.2, 0) is 32.6 Å². The number of nitrogens with one attached hydrogen (secondary N) is 1. The first-order valence-electron chi connectivity index (χ1n) is 15.3. The highest BCUT2D eigenvalue weighted by Crippen LogP contribution is 2.27. The number of hydrogen-bond acceptors (Lipinski definition) is 6. The first kappa shape index (κ1) is 35.0. The van der Waals surface area contributed by atoms with Crippen molar-refractivity contribution in [1.29, 1.82) is 0 Å². The molecule has 0 aliphatic carbocycles. The Bertz CT molecular complexity index is 1750. The summed E-state index contributed by atoms with van der Waals surface area (Å²) in [6.07, 6.45) is 0.214. The molecule has 0 aromatic heterocycles. The fraction of sp³-hybridized carbons (Fsp3) is 0.297. The molecule has 0 bridgehead atoms. The van der Waals surface area contributed by atoms with Gasteiger partial charge in [0, 0.05) is 18.5 Å². The van der Waals surface area contributed by atoms with E-state index in [1.807, 2.05) is 70.2 Å². The van der Waals surface area contributed by atoms with Gasteiger partial charge in [-0.2, -0.15) is 0 Å². The lowest BCUT2D eigenvalue weighted by molar-refractivity contribution is -0.140. The summed E-state index contributed by atoms with van der Waals surface area (Å²) in [5, 5.41) is 3.04. The Morgan fingerprint density at radius 2 is 1.40 bits per heavy atom. The maximum absolute atomic E-state index is 14.6. The molecule has 0 unspecified atom stereocenters. The summed E-state index contributed by atoms with van der Waals surface area (Å²) in [6, 6.07) is 28.7. The molecule has 0 aliphatic heterocycles. The molecule has 10 heteroatoms. The molecule has 248 valence electrons. The molecule has 0 spiro atoms. The van der Waals surface area contributed by atoms with Crippen molar-refractivity contribution in [2.75, 3.05) is 25.1 Å². The van der Waals surface area contributed by atoms with Crippen LogP contribution in [0.2, 0.25) is 0 Å². The number of carbonyl (C=O) groups excluding carboxylic acids is 2. The van der Waals surface area contributed by atoms with Gasteiger partial charge >= 0.3 is 0 Å². The van der Waals surface area contributed by atoms with Crippen molar-refractivity contribution in [3.05, 3.63) is 120 Å². The molecule has 0 heterocycles. The lowest BCUT2D eigenvalue weighted by atomic mass is 10.0. The summed E-state index contributed by atoms with van der Waals surface area (Å²) in [6.45, 7) is 6.97. The molecule has 1 N–H and O–H groups in total. The molecule has 47 heavy (non-hydrogen) atoms. The number of aryl methyl sites for hydroxylation is 1. The summed E-state index contributed by atoms with van der Waals surface area (Å²) in [4.78, 5) is 30.2. The van der Waals surface area contributed by atoms with Crippen molar-refractivity contribution in [1.82, 2.24) is 10.2 Å². The zero-order valence-electron chi connectivity index (χ0n) is 27.8. The normalized spacial score (nSPS) is 12.1. The molecular weight excluding hydrogens is 614 g/mol. The van der Waals surface area contributed by atoms with E-state index in [4.69, 9.17) is 9.47 Å². The highest BCUT2D eigenvalue weighted by atomic mass is 32.2. The smallest absolute Gasteiger partial charge is 0.264 e. The number of hydrogen-bond donors (Lipinski definition) is 1. The molecule has 9 nitrogen and oxygen atoms in total. The summed E-state index contributed by atoms with van der Waals surface area (Å²) >= 11 is 0. The minimum atomic E-state index is -4.21. The zero-order chi connectivity index (χ0) is 34.2. The van der Waals surface area contributed by atoms with E-state index < -0.39 is 34.1 Å². The molecule has 0 saturated heterocycles. The van der Waals surface area contributed by atoms with Crippen molar-refractivity contribution in [2.24, 2.45) is 0 Å². The van der Waals surface area contributed by atoms with E-state index in [-0.39, 0.29) is 29.5 Å². The van der Waals surface area contributed by atoms with E-state index >= 15 is 0 Å². The minimum Gasteiger partial charge on any atom is -0.497 e. The number of benzene rings is 4. The van der Waals surface area contributed by atoms with E-state index in [0.717, 1.165) is 21.0 Å². The highest BCUT2D eigenvalue weighted by Gasteiger charge is 2.35. The first-order chi connectivity index (χ1) is 22.3. The number of nitrogens with zero attached hydrogens (tertiary/aromatic N) is 2. The van der Waals surface area contributed by atoms with Gasteiger partial charge in [-0.25, -0.2) is 8.42 Å². The van der Waals surface area contributed by atoms with Crippen LogP contribution >= 0.6 is 0 Å². The molecule has 0 aliphatic rings. The molecule has 0 fully saturated rings. The standard InChI is InChI=1S/C37H43N3O6S/c1-27-15-21-33(22-16-27)47(43,44)40(30-17-19-31(45-5)20-18-30)26-35(41)39(25-29-13-10-14-32(23-29)46-6)34(36(42)38-37(2,3)4)24-28-11-8-7-9-12-28/h7-23,34H,24-26H2,1-6H3,(H,38,42)/t34-/m1/s1. The van der Waals surface area contributed by atoms with Crippen LogP contribution in [0.4, 0.5) is 5.69 Å². The van der Waals surface area contributed by atoms with Crippen molar-refractivity contribution in [2.45, 2.75) is 57.1 Å². The fourth-order valence-corrected chi connectivity index (χ4v) is 6.50. The number of methoxy groups -OCH3 is 2. The predicted molar refractivity (Wildman–Crippen MR) is 184 cm³/mol. The Morgan fingerprint density at radius 3 is 2.00 bits per heavy atom. The Labute approximate surface area is 278 Å². The Hall–Kier alpha value is -4.83. The van der Waals surface area contributed by atoms with Gasteiger partial charge in [0.05, 0.1) is 24.8 Å². The molecule has 0 radical (unpaired) electrons. The van der Waals surface area contributed by atoms with Crippen LogP contribution in [0.5, 0.6) is 11.5 Å². The number of carbonyl (C=O) groups is 2. The Morgan fingerprint density at radius 1 is 0.787 bits per heavy atom. The van der Waals surface area contributed by atoms with Crippen molar-refractivity contribution >= 4 is 27.5 Å². The Balaban J connectivity index is 1.83. The SMILES string of the molecule is COc1ccc(N(CC(=O)N(Cc2cccc(OC)c2)[C@H](Cc2ccccc2)C(=O)NC(C)(C)C)S(=O)(=O)c2ccc(C)cc2)cc1. The van der Waals surface area contributed by atoms with Crippen LogP contribution in [0.15, 0.2) is 108 Å². The fourth-order valence-electron chi connectivity index (χ4n) is 5.09. The number of amides is 2. The zero-order valence-corrected chi connectivity index (χ0v) is 28.6.